The number of nitrogens with one attached hydrogen (secondary N) is 1. The largest absolute Gasteiger partial charge is 0.491 e. The van der Waals surface area contributed by atoms with Crippen LogP contribution in [0.1, 0.15) is 51.5 Å². The molecule has 6 heteroatoms. The van der Waals surface area contributed by atoms with Crippen LogP contribution in [0.4, 0.5) is 11.4 Å². The molecular weight excluding hydrogens is 440 g/mol. The fourth-order valence-electron chi connectivity index (χ4n) is 5.39. The first-order valence-corrected chi connectivity index (χ1v) is 12.8. The molecule has 1 aromatic heterocycles. The minimum atomic E-state index is 0.131. The molecule has 0 saturated carbocycles. The lowest BCUT2D eigenvalue weighted by Gasteiger charge is -2.33. The van der Waals surface area contributed by atoms with Crippen LogP contribution in [0.15, 0.2) is 54.7 Å². The van der Waals surface area contributed by atoms with Crippen molar-refractivity contribution >= 4 is 45.2 Å². The first-order chi connectivity index (χ1) is 16.5. The molecule has 34 heavy (non-hydrogen) atoms. The molecule has 0 radical (unpaired) electrons. The molecular formula is C28H34N4OS. The van der Waals surface area contributed by atoms with Gasteiger partial charge in [0, 0.05) is 46.6 Å². The summed E-state index contributed by atoms with van der Waals surface area (Å²) in [4.78, 5) is 8.06. The van der Waals surface area contributed by atoms with Crippen molar-refractivity contribution in [3.63, 3.8) is 0 Å². The Morgan fingerprint density at radius 1 is 1.12 bits per heavy atom. The quantitative estimate of drug-likeness (QED) is 0.421. The molecule has 2 aromatic carbocycles. The fourth-order valence-corrected chi connectivity index (χ4v) is 5.60. The van der Waals surface area contributed by atoms with E-state index in [4.69, 9.17) is 22.7 Å². The topological polar surface area (TPSA) is 57.5 Å². The van der Waals surface area contributed by atoms with Crippen molar-refractivity contribution in [1.29, 1.82) is 0 Å². The van der Waals surface area contributed by atoms with E-state index in [9.17, 15) is 0 Å². The molecule has 1 atom stereocenters. The Kier molecular flexibility index (Phi) is 6.61. The van der Waals surface area contributed by atoms with Gasteiger partial charge in [0.05, 0.1) is 6.10 Å². The summed E-state index contributed by atoms with van der Waals surface area (Å²) < 4.78 is 5.79. The van der Waals surface area contributed by atoms with Crippen molar-refractivity contribution in [2.75, 3.05) is 18.0 Å². The highest BCUT2D eigenvalue weighted by Gasteiger charge is 2.25. The summed E-state index contributed by atoms with van der Waals surface area (Å²) in [5, 5.41) is 1.53. The van der Waals surface area contributed by atoms with Gasteiger partial charge in [-0.05, 0) is 106 Å². The van der Waals surface area contributed by atoms with Crippen molar-refractivity contribution in [1.82, 2.24) is 9.88 Å². The predicted molar refractivity (Wildman–Crippen MR) is 146 cm³/mol. The van der Waals surface area contributed by atoms with E-state index >= 15 is 0 Å². The number of aromatic nitrogens is 1. The molecule has 3 heterocycles. The number of allylic oxidation sites excluding steroid dienone is 1. The summed E-state index contributed by atoms with van der Waals surface area (Å²) in [7, 11) is 0. The third-order valence-electron chi connectivity index (χ3n) is 7.02. The van der Waals surface area contributed by atoms with Gasteiger partial charge in [-0.15, -0.1) is 0 Å². The van der Waals surface area contributed by atoms with Crippen molar-refractivity contribution in [2.24, 2.45) is 5.73 Å². The summed E-state index contributed by atoms with van der Waals surface area (Å²) in [6, 6.07) is 15.1. The van der Waals surface area contributed by atoms with E-state index in [2.05, 4.69) is 40.4 Å². The first-order valence-electron chi connectivity index (χ1n) is 12.4. The number of rotatable bonds is 5. The average molecular weight is 475 g/mol. The molecule has 1 unspecified atom stereocenters. The molecule has 2 aliphatic heterocycles. The van der Waals surface area contributed by atoms with Gasteiger partial charge >= 0.3 is 0 Å². The maximum atomic E-state index is 6.21. The number of H-pyrrole nitrogens is 1. The van der Waals surface area contributed by atoms with E-state index in [-0.39, 0.29) is 6.10 Å². The Hall–Kier alpha value is -2.83. The van der Waals surface area contributed by atoms with Crippen LogP contribution in [0, 0.1) is 0 Å². The smallest absolute Gasteiger partial charge is 0.175 e. The van der Waals surface area contributed by atoms with Crippen LogP contribution in [-0.4, -0.2) is 40.2 Å². The molecule has 0 amide bonds. The molecule has 5 nitrogen and oxygen atoms in total. The van der Waals surface area contributed by atoms with Gasteiger partial charge in [-0.2, -0.15) is 0 Å². The van der Waals surface area contributed by atoms with Crippen LogP contribution in [0.25, 0.3) is 16.5 Å². The summed E-state index contributed by atoms with van der Waals surface area (Å²) >= 11 is 5.47. The molecule has 3 N–H and O–H groups in total. The van der Waals surface area contributed by atoms with Crippen LogP contribution >= 0.6 is 12.2 Å². The predicted octanol–water partition coefficient (Wildman–Crippen LogP) is 6.37. The molecule has 0 spiro atoms. The summed E-state index contributed by atoms with van der Waals surface area (Å²) in [6.45, 7) is 6.33. The van der Waals surface area contributed by atoms with Crippen molar-refractivity contribution in [3.8, 4) is 5.75 Å². The zero-order chi connectivity index (χ0) is 23.7. The second kappa shape index (κ2) is 9.80. The van der Waals surface area contributed by atoms with Crippen LogP contribution in [0.3, 0.4) is 0 Å². The third-order valence-corrected chi connectivity index (χ3v) is 7.21. The molecule has 5 rings (SSSR count). The summed E-state index contributed by atoms with van der Waals surface area (Å²) in [5.74, 6) is 0.835. The van der Waals surface area contributed by atoms with Crippen molar-refractivity contribution < 1.29 is 4.74 Å². The maximum Gasteiger partial charge on any atom is 0.175 e. The molecule has 0 aliphatic carbocycles. The normalized spacial score (nSPS) is 18.9. The van der Waals surface area contributed by atoms with E-state index in [1.54, 1.807) is 0 Å². The Balaban J connectivity index is 1.46. The molecule has 0 bridgehead atoms. The molecule has 1 fully saturated rings. The minimum Gasteiger partial charge on any atom is -0.491 e. The Labute approximate surface area is 207 Å². The molecule has 178 valence electrons. The number of hydrogen-bond acceptors (Lipinski definition) is 3. The van der Waals surface area contributed by atoms with Gasteiger partial charge in [0.2, 0.25) is 0 Å². The average Bonchev–Trinajstić information content (AvgIpc) is 3.11. The number of nitrogens with zero attached hydrogens (tertiary/aromatic N) is 2. The highest BCUT2D eigenvalue weighted by molar-refractivity contribution is 7.80. The monoisotopic (exact) mass is 474 g/mol. The van der Waals surface area contributed by atoms with E-state index in [0.29, 0.717) is 5.11 Å². The van der Waals surface area contributed by atoms with E-state index < -0.39 is 0 Å². The summed E-state index contributed by atoms with van der Waals surface area (Å²) in [5.41, 5.74) is 12.0. The van der Waals surface area contributed by atoms with Gasteiger partial charge < -0.3 is 15.5 Å². The van der Waals surface area contributed by atoms with Crippen LogP contribution < -0.4 is 15.4 Å². The highest BCUT2D eigenvalue weighted by Crippen LogP contribution is 2.36. The van der Waals surface area contributed by atoms with E-state index in [1.807, 2.05) is 43.0 Å². The van der Waals surface area contributed by atoms with Gasteiger partial charge in [0.1, 0.15) is 5.75 Å². The van der Waals surface area contributed by atoms with E-state index in [0.717, 1.165) is 41.6 Å². The van der Waals surface area contributed by atoms with Gasteiger partial charge in [0.25, 0.3) is 0 Å². The van der Waals surface area contributed by atoms with Crippen LogP contribution in [0.5, 0.6) is 5.75 Å². The van der Waals surface area contributed by atoms with Gasteiger partial charge in [0.15, 0.2) is 5.11 Å². The standard InChI is InChI=1S/C28H34N4OS/c1-19(2)33-24-11-8-22(9-12-24)32(28(29)34)23-10-13-27-25(17-23)26(18-30-27)20-6-7-21-5-3-4-15-31(21)16-14-20/h8-14,17-19,21,30H,3-7,15-16H2,1-2H3,(H2,29,34). The first kappa shape index (κ1) is 22.9. The number of piperidine rings is 1. The van der Waals surface area contributed by atoms with Crippen molar-refractivity contribution in [3.05, 3.63) is 60.3 Å². The highest BCUT2D eigenvalue weighted by atomic mass is 32.1. The number of benzene rings is 2. The number of nitrogens with two attached hydrogens (primary N) is 1. The number of thiocarbonyl (C=S) groups is 1. The van der Waals surface area contributed by atoms with Crippen molar-refractivity contribution in [2.45, 2.75) is 58.1 Å². The lowest BCUT2D eigenvalue weighted by Crippen LogP contribution is -2.38. The fraction of sp³-hybridized carbons (Fsp3) is 0.393. The van der Waals surface area contributed by atoms with Crippen LogP contribution in [-0.2, 0) is 0 Å². The molecule has 3 aromatic rings. The number of anilines is 2. The lowest BCUT2D eigenvalue weighted by atomic mass is 9.95. The SMILES string of the molecule is CC(C)Oc1ccc(N(C(N)=S)c2ccc3[nH]cc(C4=CCN5CCCCC5CC4)c3c2)cc1. The Morgan fingerprint density at radius 2 is 1.91 bits per heavy atom. The van der Waals surface area contributed by atoms with Gasteiger partial charge in [-0.3, -0.25) is 9.80 Å². The number of ether oxygens (including phenoxy) is 1. The van der Waals surface area contributed by atoms with Gasteiger partial charge in [-0.25, -0.2) is 0 Å². The second-order valence-corrected chi connectivity index (χ2v) is 10.1. The molecule has 1 saturated heterocycles. The van der Waals surface area contributed by atoms with Crippen LogP contribution in [0.2, 0.25) is 0 Å². The Bertz CT molecular complexity index is 1200. The minimum absolute atomic E-state index is 0.131. The number of fused-ring (bicyclic) bond motifs is 2. The second-order valence-electron chi connectivity index (χ2n) is 9.68. The maximum absolute atomic E-state index is 6.21. The number of hydrogen-bond donors (Lipinski definition) is 2. The zero-order valence-corrected chi connectivity index (χ0v) is 20.9. The van der Waals surface area contributed by atoms with E-state index in [1.165, 1.54) is 48.8 Å². The summed E-state index contributed by atoms with van der Waals surface area (Å²) in [6.07, 6.45) is 11.1. The lowest BCUT2D eigenvalue weighted by molar-refractivity contribution is 0.161. The zero-order valence-electron chi connectivity index (χ0n) is 20.1. The Morgan fingerprint density at radius 3 is 2.68 bits per heavy atom. The third kappa shape index (κ3) is 4.70. The molecule has 2 aliphatic rings. The van der Waals surface area contributed by atoms with Gasteiger partial charge in [-0.1, -0.05) is 12.5 Å². The number of aromatic amines is 1.